The molecule has 1 aliphatic rings. The van der Waals surface area contributed by atoms with Gasteiger partial charge in [-0.3, -0.25) is 0 Å². The molecule has 3 rings (SSSR count). The number of hydrogen-bond acceptors (Lipinski definition) is 3. The summed E-state index contributed by atoms with van der Waals surface area (Å²) in [6.07, 6.45) is -3.03. The SMILES string of the molecule is Fc1ccc(Sc2cnc3n2CCNC3)c(C(F)(F)F)c1. The van der Waals surface area contributed by atoms with E-state index in [-0.39, 0.29) is 4.90 Å². The van der Waals surface area contributed by atoms with Crippen LogP contribution in [0.25, 0.3) is 0 Å². The maximum absolute atomic E-state index is 13.1. The van der Waals surface area contributed by atoms with E-state index in [1.54, 1.807) is 6.20 Å². The number of nitrogens with zero attached hydrogens (tertiary/aromatic N) is 2. The Morgan fingerprint density at radius 1 is 1.29 bits per heavy atom. The monoisotopic (exact) mass is 317 g/mol. The van der Waals surface area contributed by atoms with Crippen molar-refractivity contribution in [3.8, 4) is 0 Å². The van der Waals surface area contributed by atoms with Crippen molar-refractivity contribution in [2.45, 2.75) is 29.2 Å². The van der Waals surface area contributed by atoms with Crippen LogP contribution < -0.4 is 5.32 Å². The van der Waals surface area contributed by atoms with Crippen LogP contribution in [0.15, 0.2) is 34.3 Å². The van der Waals surface area contributed by atoms with Crippen LogP contribution in [0.4, 0.5) is 17.6 Å². The van der Waals surface area contributed by atoms with Crippen LogP contribution in [0.3, 0.4) is 0 Å². The summed E-state index contributed by atoms with van der Waals surface area (Å²) in [4.78, 5) is 4.16. The van der Waals surface area contributed by atoms with Crippen LogP contribution in [0.2, 0.25) is 0 Å². The molecule has 0 bridgehead atoms. The molecule has 0 saturated heterocycles. The summed E-state index contributed by atoms with van der Waals surface area (Å²) in [5.41, 5.74) is -0.961. The molecule has 0 fully saturated rings. The van der Waals surface area contributed by atoms with Gasteiger partial charge in [0.25, 0.3) is 0 Å². The number of halogens is 4. The molecule has 0 saturated carbocycles. The van der Waals surface area contributed by atoms with E-state index in [0.717, 1.165) is 36.3 Å². The highest BCUT2D eigenvalue weighted by molar-refractivity contribution is 7.99. The Balaban J connectivity index is 1.97. The number of rotatable bonds is 2. The molecule has 8 heteroatoms. The van der Waals surface area contributed by atoms with Gasteiger partial charge in [-0.1, -0.05) is 11.8 Å². The number of benzene rings is 1. The molecule has 1 aromatic carbocycles. The molecule has 112 valence electrons. The quantitative estimate of drug-likeness (QED) is 0.862. The fourth-order valence-corrected chi connectivity index (χ4v) is 3.23. The van der Waals surface area contributed by atoms with Gasteiger partial charge in [0.15, 0.2) is 0 Å². The van der Waals surface area contributed by atoms with Crippen molar-refractivity contribution in [2.75, 3.05) is 6.54 Å². The van der Waals surface area contributed by atoms with Gasteiger partial charge < -0.3 is 9.88 Å². The lowest BCUT2D eigenvalue weighted by molar-refractivity contribution is -0.139. The van der Waals surface area contributed by atoms with Crippen LogP contribution in [0, 0.1) is 5.82 Å². The summed E-state index contributed by atoms with van der Waals surface area (Å²) in [5, 5.41) is 3.77. The average Bonchev–Trinajstić information content (AvgIpc) is 2.83. The lowest BCUT2D eigenvalue weighted by Gasteiger charge is -2.18. The van der Waals surface area contributed by atoms with Crippen LogP contribution in [0.5, 0.6) is 0 Å². The first-order chi connectivity index (χ1) is 9.95. The molecule has 2 heterocycles. The van der Waals surface area contributed by atoms with Gasteiger partial charge in [-0.2, -0.15) is 13.2 Å². The summed E-state index contributed by atoms with van der Waals surface area (Å²) in [7, 11) is 0. The number of fused-ring (bicyclic) bond motifs is 1. The Morgan fingerprint density at radius 2 is 2.10 bits per heavy atom. The Labute approximate surface area is 122 Å². The zero-order chi connectivity index (χ0) is 15.0. The fraction of sp³-hybridized carbons (Fsp3) is 0.308. The third kappa shape index (κ3) is 2.91. The second-order valence-electron chi connectivity index (χ2n) is 4.58. The Hall–Kier alpha value is -1.54. The van der Waals surface area contributed by atoms with Gasteiger partial charge in [0.05, 0.1) is 23.3 Å². The van der Waals surface area contributed by atoms with E-state index in [1.807, 2.05) is 4.57 Å². The van der Waals surface area contributed by atoms with E-state index in [4.69, 9.17) is 0 Å². The molecular formula is C13H11F4N3S. The molecule has 0 radical (unpaired) electrons. The van der Waals surface area contributed by atoms with Crippen LogP contribution in [0.1, 0.15) is 11.4 Å². The molecule has 2 aromatic rings. The first-order valence-corrected chi connectivity index (χ1v) is 7.06. The van der Waals surface area contributed by atoms with Gasteiger partial charge in [-0.25, -0.2) is 9.37 Å². The second-order valence-corrected chi connectivity index (χ2v) is 5.64. The zero-order valence-corrected chi connectivity index (χ0v) is 11.6. The van der Waals surface area contributed by atoms with E-state index >= 15 is 0 Å². The van der Waals surface area contributed by atoms with Gasteiger partial charge in [-0.15, -0.1) is 0 Å². The first-order valence-electron chi connectivity index (χ1n) is 6.25. The third-order valence-electron chi connectivity index (χ3n) is 3.16. The highest BCUT2D eigenvalue weighted by atomic mass is 32.2. The van der Waals surface area contributed by atoms with E-state index in [0.29, 0.717) is 24.2 Å². The minimum absolute atomic E-state index is 0.0230. The van der Waals surface area contributed by atoms with Crippen LogP contribution in [-0.4, -0.2) is 16.1 Å². The third-order valence-corrected chi connectivity index (χ3v) is 4.27. The van der Waals surface area contributed by atoms with Crippen molar-refractivity contribution in [3.63, 3.8) is 0 Å². The van der Waals surface area contributed by atoms with Gasteiger partial charge in [0, 0.05) is 18.0 Å². The minimum Gasteiger partial charge on any atom is -0.321 e. The predicted molar refractivity (Wildman–Crippen MR) is 69.5 cm³/mol. The lowest BCUT2D eigenvalue weighted by atomic mass is 10.2. The highest BCUT2D eigenvalue weighted by Gasteiger charge is 2.34. The Kier molecular flexibility index (Phi) is 3.66. The van der Waals surface area contributed by atoms with Gasteiger partial charge >= 0.3 is 6.18 Å². The fourth-order valence-electron chi connectivity index (χ4n) is 2.17. The Morgan fingerprint density at radius 3 is 2.86 bits per heavy atom. The summed E-state index contributed by atoms with van der Waals surface area (Å²) >= 11 is 0.957. The van der Waals surface area contributed by atoms with Crippen molar-refractivity contribution in [2.24, 2.45) is 0 Å². The molecule has 1 aromatic heterocycles. The van der Waals surface area contributed by atoms with Gasteiger partial charge in [0.1, 0.15) is 11.6 Å². The molecule has 0 unspecified atom stereocenters. The van der Waals surface area contributed by atoms with E-state index in [1.165, 1.54) is 0 Å². The van der Waals surface area contributed by atoms with E-state index in [2.05, 4.69) is 10.3 Å². The summed E-state index contributed by atoms with van der Waals surface area (Å²) in [6.45, 7) is 1.99. The van der Waals surface area contributed by atoms with Crippen LogP contribution in [-0.2, 0) is 19.3 Å². The maximum Gasteiger partial charge on any atom is 0.417 e. The molecular weight excluding hydrogens is 306 g/mol. The van der Waals surface area contributed by atoms with Gasteiger partial charge in [0.2, 0.25) is 0 Å². The molecule has 0 spiro atoms. The minimum atomic E-state index is -4.59. The molecule has 3 nitrogen and oxygen atoms in total. The van der Waals surface area contributed by atoms with Crippen LogP contribution >= 0.6 is 11.8 Å². The van der Waals surface area contributed by atoms with Crippen molar-refractivity contribution in [1.29, 1.82) is 0 Å². The molecule has 0 atom stereocenters. The smallest absolute Gasteiger partial charge is 0.321 e. The maximum atomic E-state index is 13.1. The lowest BCUT2D eigenvalue weighted by Crippen LogP contribution is -2.28. The largest absolute Gasteiger partial charge is 0.417 e. The molecule has 0 aliphatic carbocycles. The van der Waals surface area contributed by atoms with Crippen molar-refractivity contribution < 1.29 is 17.6 Å². The molecule has 1 aliphatic heterocycles. The number of hydrogen-bond donors (Lipinski definition) is 1. The topological polar surface area (TPSA) is 29.9 Å². The average molecular weight is 317 g/mol. The molecule has 21 heavy (non-hydrogen) atoms. The number of aromatic nitrogens is 2. The first kappa shape index (κ1) is 14.4. The molecule has 0 amide bonds. The van der Waals surface area contributed by atoms with Crippen molar-refractivity contribution in [3.05, 3.63) is 41.6 Å². The van der Waals surface area contributed by atoms with E-state index < -0.39 is 17.6 Å². The Bertz CT molecular complexity index is 666. The zero-order valence-electron chi connectivity index (χ0n) is 10.7. The molecule has 1 N–H and O–H groups in total. The van der Waals surface area contributed by atoms with E-state index in [9.17, 15) is 17.6 Å². The normalized spacial score (nSPS) is 15.0. The highest BCUT2D eigenvalue weighted by Crippen LogP contribution is 2.40. The van der Waals surface area contributed by atoms with Crippen molar-refractivity contribution >= 4 is 11.8 Å². The number of imidazole rings is 1. The summed E-state index contributed by atoms with van der Waals surface area (Å²) in [5.74, 6) is -0.106. The number of alkyl halides is 3. The summed E-state index contributed by atoms with van der Waals surface area (Å²) < 4.78 is 53.9. The standard InChI is InChI=1S/C13H11F4N3S/c14-8-1-2-10(9(5-8)13(15,16)17)21-12-7-19-11-6-18-3-4-20(11)12/h1-2,5,7,18H,3-4,6H2. The van der Waals surface area contributed by atoms with Gasteiger partial charge in [-0.05, 0) is 18.2 Å². The number of nitrogens with one attached hydrogen (secondary N) is 1. The summed E-state index contributed by atoms with van der Waals surface area (Å²) in [6, 6.07) is 2.72. The second kappa shape index (κ2) is 5.34. The van der Waals surface area contributed by atoms with Crippen molar-refractivity contribution in [1.82, 2.24) is 14.9 Å². The predicted octanol–water partition coefficient (Wildman–Crippen LogP) is 3.30.